The van der Waals surface area contributed by atoms with E-state index in [1.54, 1.807) is 0 Å². The molecule has 1 heterocycles. The molecule has 6 aliphatic rings. The number of ether oxygens (including phenoxy) is 1. The fourth-order valence-electron chi connectivity index (χ4n) is 5.67. The minimum atomic E-state index is -0.304. The highest BCUT2D eigenvalue weighted by Gasteiger charge is 2.57. The van der Waals surface area contributed by atoms with E-state index in [2.05, 4.69) is 29.0 Å². The second-order valence-corrected chi connectivity index (χ2v) is 7.59. The first-order chi connectivity index (χ1) is 10.7. The standard InChI is InChI=1S/C10H12.C9H8O3/c1-2-9-7-4-5-8(6-7)10(9)3-1;10-8-6-4-1-2-5(3-4)7(6)9(11)12-8/h1-2,4-5,7-10H,3,6H2;1-2,4-7H,3H2/t7-,8+,9?,10?;/m0./s1. The molecule has 0 amide bonds. The van der Waals surface area contributed by atoms with E-state index in [0.29, 0.717) is 0 Å². The Morgan fingerprint density at radius 2 is 1.36 bits per heavy atom. The highest BCUT2D eigenvalue weighted by molar-refractivity contribution is 5.98. The van der Waals surface area contributed by atoms with E-state index < -0.39 is 0 Å². The van der Waals surface area contributed by atoms with Crippen LogP contribution >= 0.6 is 0 Å². The summed E-state index contributed by atoms with van der Waals surface area (Å²) in [7, 11) is 0. The minimum absolute atomic E-state index is 0.146. The van der Waals surface area contributed by atoms with Crippen molar-refractivity contribution >= 4 is 11.9 Å². The van der Waals surface area contributed by atoms with Crippen LogP contribution in [0.2, 0.25) is 0 Å². The van der Waals surface area contributed by atoms with Gasteiger partial charge in [-0.15, -0.1) is 0 Å². The molecular weight excluding hydrogens is 276 g/mol. The molecule has 1 saturated heterocycles. The summed E-state index contributed by atoms with van der Waals surface area (Å²) in [5, 5.41) is 0. The van der Waals surface area contributed by atoms with E-state index in [4.69, 9.17) is 0 Å². The van der Waals surface area contributed by atoms with Crippen molar-refractivity contribution in [3.63, 3.8) is 0 Å². The largest absolute Gasteiger partial charge is 0.393 e. The van der Waals surface area contributed by atoms with Crippen LogP contribution in [0.4, 0.5) is 0 Å². The molecule has 22 heavy (non-hydrogen) atoms. The summed E-state index contributed by atoms with van der Waals surface area (Å²) in [6.07, 6.45) is 17.6. The highest BCUT2D eigenvalue weighted by Crippen LogP contribution is 2.53. The SMILES string of the molecule is C1=CC2C(C1)[C@@H]1C=C[C@H]2C1.O=C1OC(=O)C2C3C=CC(C3)C12. The molecule has 0 N–H and O–H groups in total. The molecule has 0 radical (unpaired) electrons. The van der Waals surface area contributed by atoms with Gasteiger partial charge in [-0.2, -0.15) is 0 Å². The smallest absolute Gasteiger partial charge is 0.318 e. The van der Waals surface area contributed by atoms with E-state index >= 15 is 0 Å². The molecule has 3 fully saturated rings. The van der Waals surface area contributed by atoms with Crippen molar-refractivity contribution in [3.05, 3.63) is 36.5 Å². The van der Waals surface area contributed by atoms with Gasteiger partial charge in [0.1, 0.15) is 0 Å². The molecule has 6 unspecified atom stereocenters. The van der Waals surface area contributed by atoms with Crippen LogP contribution < -0.4 is 0 Å². The van der Waals surface area contributed by atoms with Crippen LogP contribution in [0.3, 0.4) is 0 Å². The van der Waals surface area contributed by atoms with Crippen molar-refractivity contribution in [1.82, 2.24) is 0 Å². The molecule has 0 aromatic heterocycles. The Morgan fingerprint density at radius 3 is 2.05 bits per heavy atom. The highest BCUT2D eigenvalue weighted by atomic mass is 16.6. The Balaban J connectivity index is 0.000000104. The van der Waals surface area contributed by atoms with Crippen LogP contribution in [0.25, 0.3) is 0 Å². The van der Waals surface area contributed by atoms with E-state index in [9.17, 15) is 9.59 Å². The molecule has 4 bridgehead atoms. The number of fused-ring (bicyclic) bond motifs is 10. The maximum Gasteiger partial charge on any atom is 0.318 e. The van der Waals surface area contributed by atoms with Gasteiger partial charge >= 0.3 is 11.9 Å². The summed E-state index contributed by atoms with van der Waals surface area (Å²) in [5.74, 6) is 3.48. The molecule has 3 heteroatoms. The van der Waals surface area contributed by atoms with Crippen molar-refractivity contribution in [2.45, 2.75) is 19.3 Å². The predicted molar refractivity (Wildman–Crippen MR) is 80.3 cm³/mol. The maximum atomic E-state index is 11.2. The van der Waals surface area contributed by atoms with Gasteiger partial charge in [-0.1, -0.05) is 36.5 Å². The van der Waals surface area contributed by atoms with Gasteiger partial charge in [0.05, 0.1) is 11.8 Å². The lowest BCUT2D eigenvalue weighted by atomic mass is 9.85. The van der Waals surface area contributed by atoms with Crippen LogP contribution in [-0.2, 0) is 14.3 Å². The van der Waals surface area contributed by atoms with Crippen molar-refractivity contribution in [2.24, 2.45) is 47.3 Å². The van der Waals surface area contributed by atoms with Gasteiger partial charge in [-0.3, -0.25) is 9.59 Å². The monoisotopic (exact) mass is 296 g/mol. The van der Waals surface area contributed by atoms with Crippen LogP contribution in [0.5, 0.6) is 0 Å². The molecule has 0 aromatic rings. The summed E-state index contributed by atoms with van der Waals surface area (Å²) in [6.45, 7) is 0. The molecule has 1 aliphatic heterocycles. The van der Waals surface area contributed by atoms with Crippen molar-refractivity contribution in [2.75, 3.05) is 0 Å². The Bertz CT molecular complexity index is 601. The van der Waals surface area contributed by atoms with Gasteiger partial charge in [0.2, 0.25) is 0 Å². The quantitative estimate of drug-likeness (QED) is 0.392. The van der Waals surface area contributed by atoms with E-state index in [1.807, 2.05) is 12.2 Å². The average Bonchev–Trinajstić information content (AvgIpc) is 3.32. The van der Waals surface area contributed by atoms with Crippen molar-refractivity contribution < 1.29 is 14.3 Å². The molecule has 0 spiro atoms. The maximum absolute atomic E-state index is 11.2. The summed E-state index contributed by atoms with van der Waals surface area (Å²) in [5.41, 5.74) is 0. The van der Waals surface area contributed by atoms with Gasteiger partial charge in [0, 0.05) is 0 Å². The zero-order valence-corrected chi connectivity index (χ0v) is 12.4. The molecule has 6 rings (SSSR count). The number of rotatable bonds is 0. The van der Waals surface area contributed by atoms with E-state index in [-0.39, 0.29) is 35.6 Å². The summed E-state index contributed by atoms with van der Waals surface area (Å²) < 4.78 is 4.59. The third kappa shape index (κ3) is 1.62. The Kier molecular flexibility index (Phi) is 2.59. The van der Waals surface area contributed by atoms with Crippen molar-refractivity contribution in [3.8, 4) is 0 Å². The van der Waals surface area contributed by atoms with Crippen LogP contribution in [-0.4, -0.2) is 11.9 Å². The first-order valence-corrected chi connectivity index (χ1v) is 8.51. The lowest BCUT2D eigenvalue weighted by molar-refractivity contribution is -0.154. The van der Waals surface area contributed by atoms with Crippen molar-refractivity contribution in [1.29, 1.82) is 0 Å². The van der Waals surface area contributed by atoms with Gasteiger partial charge in [-0.05, 0) is 54.8 Å². The van der Waals surface area contributed by atoms with Gasteiger partial charge in [0.15, 0.2) is 0 Å². The van der Waals surface area contributed by atoms with Crippen LogP contribution in [0.1, 0.15) is 19.3 Å². The number of carbonyl (C=O) groups is 2. The fourth-order valence-corrected chi connectivity index (χ4v) is 5.67. The van der Waals surface area contributed by atoms with E-state index in [1.165, 1.54) is 12.8 Å². The third-order valence-electron chi connectivity index (χ3n) is 6.66. The average molecular weight is 296 g/mol. The first-order valence-electron chi connectivity index (χ1n) is 8.51. The number of cyclic esters (lactones) is 2. The lowest BCUT2D eigenvalue weighted by Crippen LogP contribution is -2.21. The third-order valence-corrected chi connectivity index (χ3v) is 6.66. The molecule has 114 valence electrons. The zero-order chi connectivity index (χ0) is 14.8. The summed E-state index contributed by atoms with van der Waals surface area (Å²) >= 11 is 0. The van der Waals surface area contributed by atoms with Gasteiger partial charge < -0.3 is 4.74 Å². The normalized spacial score (nSPS) is 51.1. The molecule has 0 aromatic carbocycles. The molecule has 8 atom stereocenters. The minimum Gasteiger partial charge on any atom is -0.393 e. The number of hydrogen-bond donors (Lipinski definition) is 0. The molecule has 2 saturated carbocycles. The fraction of sp³-hybridized carbons (Fsp3) is 0.579. The molecule has 5 aliphatic carbocycles. The number of allylic oxidation sites excluding steroid dienone is 6. The number of esters is 2. The van der Waals surface area contributed by atoms with Gasteiger partial charge in [0.25, 0.3) is 0 Å². The van der Waals surface area contributed by atoms with Gasteiger partial charge in [-0.25, -0.2) is 0 Å². The van der Waals surface area contributed by atoms with Crippen LogP contribution in [0, 0.1) is 47.3 Å². The molecular formula is C19H20O3. The first kappa shape index (κ1) is 12.9. The van der Waals surface area contributed by atoms with E-state index in [0.717, 1.165) is 30.1 Å². The topological polar surface area (TPSA) is 43.4 Å². The number of carbonyl (C=O) groups excluding carboxylic acids is 2. The zero-order valence-electron chi connectivity index (χ0n) is 12.4. The van der Waals surface area contributed by atoms with Crippen LogP contribution in [0.15, 0.2) is 36.5 Å². The molecule has 3 nitrogen and oxygen atoms in total. The lowest BCUT2D eigenvalue weighted by Gasteiger charge is -2.18. The Morgan fingerprint density at radius 1 is 0.773 bits per heavy atom. The second kappa shape index (κ2) is 4.43. The Labute approximate surface area is 130 Å². The second-order valence-electron chi connectivity index (χ2n) is 7.59. The Hall–Kier alpha value is -1.64. The number of hydrogen-bond acceptors (Lipinski definition) is 3. The summed E-state index contributed by atoms with van der Waals surface area (Å²) in [4.78, 5) is 22.4. The summed E-state index contributed by atoms with van der Waals surface area (Å²) in [6, 6.07) is 0. The predicted octanol–water partition coefficient (Wildman–Crippen LogP) is 2.89.